The van der Waals surface area contributed by atoms with E-state index in [4.69, 9.17) is 9.47 Å². The summed E-state index contributed by atoms with van der Waals surface area (Å²) in [7, 11) is 4.48. The summed E-state index contributed by atoms with van der Waals surface area (Å²) in [6.07, 6.45) is 0. The van der Waals surface area contributed by atoms with Crippen molar-refractivity contribution in [2.24, 2.45) is 0 Å². The van der Waals surface area contributed by atoms with Crippen LogP contribution in [0.4, 0.5) is 10.8 Å². The molecule has 0 aliphatic rings. The maximum Gasteiger partial charge on any atom is 0.357 e. The first-order valence-electron chi connectivity index (χ1n) is 5.70. The molecule has 0 spiro atoms. The van der Waals surface area contributed by atoms with E-state index in [9.17, 15) is 4.79 Å². The van der Waals surface area contributed by atoms with E-state index in [0.717, 1.165) is 5.69 Å². The minimum atomic E-state index is -0.462. The van der Waals surface area contributed by atoms with Crippen LogP contribution in [0, 0.1) is 0 Å². The smallest absolute Gasteiger partial charge is 0.357 e. The second-order valence-corrected chi connectivity index (χ2v) is 4.58. The van der Waals surface area contributed by atoms with Crippen molar-refractivity contribution in [3.63, 3.8) is 0 Å². The molecule has 1 heterocycles. The van der Waals surface area contributed by atoms with Gasteiger partial charge in [0.15, 0.2) is 10.8 Å². The number of hydrogen-bond donors (Lipinski definition) is 1. The van der Waals surface area contributed by atoms with Gasteiger partial charge in [-0.15, -0.1) is 11.3 Å². The number of rotatable bonds is 5. The second-order valence-electron chi connectivity index (χ2n) is 3.72. The largest absolute Gasteiger partial charge is 0.497 e. The number of methoxy groups -OCH3 is 3. The highest BCUT2D eigenvalue weighted by Crippen LogP contribution is 2.32. The van der Waals surface area contributed by atoms with Gasteiger partial charge in [-0.05, 0) is 12.1 Å². The van der Waals surface area contributed by atoms with Crippen LogP contribution in [0.25, 0.3) is 0 Å². The summed E-state index contributed by atoms with van der Waals surface area (Å²) >= 11 is 1.31. The maximum atomic E-state index is 11.3. The summed E-state index contributed by atoms with van der Waals surface area (Å²) in [4.78, 5) is 15.5. The Balaban J connectivity index is 2.21. The van der Waals surface area contributed by atoms with Crippen molar-refractivity contribution in [3.8, 4) is 11.5 Å². The predicted molar refractivity (Wildman–Crippen MR) is 76.3 cm³/mol. The van der Waals surface area contributed by atoms with Crippen molar-refractivity contribution in [2.75, 3.05) is 26.6 Å². The monoisotopic (exact) mass is 294 g/mol. The van der Waals surface area contributed by atoms with Crippen LogP contribution in [0.5, 0.6) is 11.5 Å². The molecule has 2 aromatic rings. The van der Waals surface area contributed by atoms with Gasteiger partial charge in [0, 0.05) is 11.4 Å². The van der Waals surface area contributed by atoms with Gasteiger partial charge in [-0.1, -0.05) is 0 Å². The van der Waals surface area contributed by atoms with Crippen LogP contribution in [0.1, 0.15) is 10.5 Å². The van der Waals surface area contributed by atoms with Crippen LogP contribution in [-0.4, -0.2) is 32.3 Å². The number of carbonyl (C=O) groups is 1. The van der Waals surface area contributed by atoms with E-state index in [1.54, 1.807) is 31.7 Å². The molecule has 7 heteroatoms. The fourth-order valence-corrected chi connectivity index (χ4v) is 2.24. The summed E-state index contributed by atoms with van der Waals surface area (Å²) in [5.74, 6) is 0.858. The Labute approximate surface area is 120 Å². The van der Waals surface area contributed by atoms with Gasteiger partial charge >= 0.3 is 5.97 Å². The molecule has 0 aliphatic carbocycles. The van der Waals surface area contributed by atoms with Crippen LogP contribution in [0.3, 0.4) is 0 Å². The van der Waals surface area contributed by atoms with Gasteiger partial charge in [-0.2, -0.15) is 0 Å². The lowest BCUT2D eigenvalue weighted by atomic mass is 10.3. The molecule has 0 fully saturated rings. The van der Waals surface area contributed by atoms with Crippen LogP contribution in [0.2, 0.25) is 0 Å². The van der Waals surface area contributed by atoms with Gasteiger partial charge in [-0.3, -0.25) is 0 Å². The van der Waals surface area contributed by atoms with E-state index in [2.05, 4.69) is 15.0 Å². The number of esters is 1. The highest BCUT2D eigenvalue weighted by molar-refractivity contribution is 7.14. The Morgan fingerprint density at radius 3 is 2.70 bits per heavy atom. The Morgan fingerprint density at radius 2 is 2.05 bits per heavy atom. The van der Waals surface area contributed by atoms with Gasteiger partial charge in [0.05, 0.1) is 27.0 Å². The average Bonchev–Trinajstić information content (AvgIpc) is 2.95. The number of aromatic nitrogens is 1. The molecule has 0 saturated carbocycles. The van der Waals surface area contributed by atoms with E-state index in [1.807, 2.05) is 6.07 Å². The Kier molecular flexibility index (Phi) is 4.41. The number of anilines is 2. The number of benzene rings is 1. The number of thiazole rings is 1. The number of nitrogens with zero attached hydrogens (tertiary/aromatic N) is 1. The van der Waals surface area contributed by atoms with Crippen molar-refractivity contribution >= 4 is 28.1 Å². The highest BCUT2D eigenvalue weighted by Gasteiger charge is 2.12. The molecular formula is C13H14N2O4S. The molecule has 1 aromatic carbocycles. The zero-order valence-electron chi connectivity index (χ0n) is 11.3. The summed E-state index contributed by atoms with van der Waals surface area (Å²) < 4.78 is 15.0. The van der Waals surface area contributed by atoms with Gasteiger partial charge in [0.2, 0.25) is 0 Å². The molecule has 1 aromatic heterocycles. The van der Waals surface area contributed by atoms with Crippen molar-refractivity contribution in [1.29, 1.82) is 0 Å². The van der Waals surface area contributed by atoms with Gasteiger partial charge in [0.1, 0.15) is 11.5 Å². The molecule has 6 nitrogen and oxygen atoms in total. The highest BCUT2D eigenvalue weighted by atomic mass is 32.1. The summed E-state index contributed by atoms with van der Waals surface area (Å²) in [5, 5.41) is 5.30. The number of hydrogen-bond acceptors (Lipinski definition) is 7. The molecule has 20 heavy (non-hydrogen) atoms. The van der Waals surface area contributed by atoms with Crippen LogP contribution >= 0.6 is 11.3 Å². The molecule has 0 bridgehead atoms. The van der Waals surface area contributed by atoms with Crippen LogP contribution < -0.4 is 14.8 Å². The van der Waals surface area contributed by atoms with Crippen LogP contribution in [-0.2, 0) is 4.74 Å². The van der Waals surface area contributed by atoms with Crippen molar-refractivity contribution in [3.05, 3.63) is 29.3 Å². The molecule has 0 atom stereocenters. The SMILES string of the molecule is COC(=O)c1csc(Nc2ccc(OC)cc2OC)n1. The molecular weight excluding hydrogens is 280 g/mol. The first-order chi connectivity index (χ1) is 9.67. The van der Waals surface area contributed by atoms with Crippen LogP contribution in [0.15, 0.2) is 23.6 Å². The molecule has 1 N–H and O–H groups in total. The quantitative estimate of drug-likeness (QED) is 0.855. The van der Waals surface area contributed by atoms with Gasteiger partial charge in [-0.25, -0.2) is 9.78 Å². The van der Waals surface area contributed by atoms with Gasteiger partial charge in [0.25, 0.3) is 0 Å². The van der Waals surface area contributed by atoms with E-state index in [-0.39, 0.29) is 5.69 Å². The van der Waals surface area contributed by atoms with Crippen molar-refractivity contribution in [2.45, 2.75) is 0 Å². The third kappa shape index (κ3) is 3.00. The van der Waals surface area contributed by atoms with Crippen molar-refractivity contribution < 1.29 is 19.0 Å². The molecule has 106 valence electrons. The second kappa shape index (κ2) is 6.25. The average molecular weight is 294 g/mol. The van der Waals surface area contributed by atoms with E-state index in [0.29, 0.717) is 16.6 Å². The number of nitrogens with one attached hydrogen (secondary N) is 1. The minimum absolute atomic E-state index is 0.271. The first-order valence-corrected chi connectivity index (χ1v) is 6.58. The number of ether oxygens (including phenoxy) is 3. The fourth-order valence-electron chi connectivity index (χ4n) is 1.55. The molecule has 0 saturated heterocycles. The Morgan fingerprint density at radius 1 is 1.25 bits per heavy atom. The van der Waals surface area contributed by atoms with Crippen molar-refractivity contribution in [1.82, 2.24) is 4.98 Å². The zero-order chi connectivity index (χ0) is 14.5. The number of carbonyl (C=O) groups excluding carboxylic acids is 1. The Bertz CT molecular complexity index is 612. The summed E-state index contributed by atoms with van der Waals surface area (Å²) in [6, 6.07) is 5.38. The molecule has 0 aliphatic heterocycles. The molecule has 0 amide bonds. The van der Waals surface area contributed by atoms with E-state index >= 15 is 0 Å². The topological polar surface area (TPSA) is 69.7 Å². The summed E-state index contributed by atoms with van der Waals surface area (Å²) in [5.41, 5.74) is 1.01. The minimum Gasteiger partial charge on any atom is -0.497 e. The van der Waals surface area contributed by atoms with E-state index < -0.39 is 5.97 Å². The standard InChI is InChI=1S/C13H14N2O4S/c1-17-8-4-5-9(11(6-8)18-2)14-13-15-10(7-20-13)12(16)19-3/h4-7H,1-3H3,(H,14,15). The summed E-state index contributed by atoms with van der Waals surface area (Å²) in [6.45, 7) is 0. The predicted octanol–water partition coefficient (Wildman–Crippen LogP) is 2.69. The lowest BCUT2D eigenvalue weighted by molar-refractivity contribution is 0.0595. The molecule has 0 radical (unpaired) electrons. The lowest BCUT2D eigenvalue weighted by Gasteiger charge is -2.10. The molecule has 0 unspecified atom stereocenters. The van der Waals surface area contributed by atoms with E-state index in [1.165, 1.54) is 18.4 Å². The third-order valence-electron chi connectivity index (χ3n) is 2.55. The fraction of sp³-hybridized carbons (Fsp3) is 0.231. The Hall–Kier alpha value is -2.28. The lowest BCUT2D eigenvalue weighted by Crippen LogP contribution is -2.02. The molecule has 2 rings (SSSR count). The normalized spacial score (nSPS) is 9.95. The zero-order valence-corrected chi connectivity index (χ0v) is 12.1. The maximum absolute atomic E-state index is 11.3. The third-order valence-corrected chi connectivity index (χ3v) is 3.31. The van der Waals surface area contributed by atoms with Gasteiger partial charge < -0.3 is 19.5 Å². The first kappa shape index (κ1) is 14.1.